The monoisotopic (exact) mass is 256 g/mol. The first-order valence-electron chi connectivity index (χ1n) is 5.55. The van der Waals surface area contributed by atoms with Crippen molar-refractivity contribution in [3.8, 4) is 0 Å². The number of sulfone groups is 1. The van der Waals surface area contributed by atoms with E-state index < -0.39 is 20.7 Å². The summed E-state index contributed by atoms with van der Waals surface area (Å²) in [4.78, 5) is 12.0. The molecule has 1 saturated carbocycles. The van der Waals surface area contributed by atoms with Crippen LogP contribution < -0.4 is 0 Å². The van der Waals surface area contributed by atoms with E-state index in [4.69, 9.17) is 4.74 Å². The zero-order valence-corrected chi connectivity index (χ0v) is 10.6. The predicted molar refractivity (Wildman–Crippen MR) is 64.0 cm³/mol. The number of fused-ring (bicyclic) bond motifs is 1. The third-order valence-corrected chi connectivity index (χ3v) is 5.80. The van der Waals surface area contributed by atoms with Crippen LogP contribution in [0.4, 0.5) is 0 Å². The quantitative estimate of drug-likeness (QED) is 0.555. The molecule has 4 nitrogen and oxygen atoms in total. The van der Waals surface area contributed by atoms with Crippen molar-refractivity contribution < 1.29 is 17.9 Å². The third kappa shape index (κ3) is 1.29. The number of carbonyl (C=O) groups is 1. The smallest absolute Gasteiger partial charge is 0.317 e. The molecule has 1 saturated heterocycles. The molecule has 0 unspecified atom stereocenters. The maximum atomic E-state index is 12.0. The fourth-order valence-corrected chi connectivity index (χ4v) is 5.69. The summed E-state index contributed by atoms with van der Waals surface area (Å²) in [5.41, 5.74) is -1.57. The lowest BCUT2D eigenvalue weighted by atomic mass is 9.94. The lowest BCUT2D eigenvalue weighted by Crippen LogP contribution is -2.30. The Morgan fingerprint density at radius 3 is 2.53 bits per heavy atom. The zero-order chi connectivity index (χ0) is 12.9. The molecule has 5 heteroatoms. The maximum absolute atomic E-state index is 12.0. The molecule has 2 fully saturated rings. The Kier molecular flexibility index (Phi) is 2.51. The van der Waals surface area contributed by atoms with Crippen molar-refractivity contribution in [3.63, 3.8) is 0 Å². The van der Waals surface area contributed by atoms with E-state index in [9.17, 15) is 13.2 Å². The van der Waals surface area contributed by atoms with E-state index in [1.54, 1.807) is 13.0 Å². The normalized spacial score (nSPS) is 41.4. The molecule has 0 aromatic rings. The maximum Gasteiger partial charge on any atom is 0.317 e. The van der Waals surface area contributed by atoms with Crippen molar-refractivity contribution in [1.82, 2.24) is 0 Å². The van der Waals surface area contributed by atoms with E-state index in [1.807, 2.05) is 0 Å². The zero-order valence-electron chi connectivity index (χ0n) is 9.81. The molecule has 0 amide bonds. The second-order valence-corrected chi connectivity index (χ2v) is 6.75. The summed E-state index contributed by atoms with van der Waals surface area (Å²) < 4.78 is 28.2. The number of carbonyl (C=O) groups excluding carboxylic acids is 1. The van der Waals surface area contributed by atoms with Gasteiger partial charge in [0.25, 0.3) is 0 Å². The first-order chi connectivity index (χ1) is 7.90. The van der Waals surface area contributed by atoms with Gasteiger partial charge in [0.1, 0.15) is 5.41 Å². The van der Waals surface area contributed by atoms with Crippen molar-refractivity contribution in [3.05, 3.63) is 25.3 Å². The van der Waals surface area contributed by atoms with Crippen LogP contribution in [0.5, 0.6) is 0 Å². The van der Waals surface area contributed by atoms with E-state index in [0.29, 0.717) is 0 Å². The molecule has 2 aliphatic rings. The standard InChI is InChI=1S/C12H16O4S/c1-4-11-8-17(14,15)7-9(11)12(11,5-2)10(13)16-6-3/h4-5,9H,1-2,6-8H2,3H3/t9-,11+,12+/m1/s1. The van der Waals surface area contributed by atoms with Crippen LogP contribution in [-0.2, 0) is 19.4 Å². The van der Waals surface area contributed by atoms with Crippen molar-refractivity contribution in [2.75, 3.05) is 18.1 Å². The van der Waals surface area contributed by atoms with Crippen LogP contribution in [0.3, 0.4) is 0 Å². The second kappa shape index (κ2) is 3.45. The van der Waals surface area contributed by atoms with Gasteiger partial charge in [0.2, 0.25) is 0 Å². The Bertz CT molecular complexity index is 493. The van der Waals surface area contributed by atoms with Crippen LogP contribution in [0, 0.1) is 16.7 Å². The molecule has 94 valence electrons. The molecule has 0 radical (unpaired) electrons. The number of rotatable bonds is 4. The van der Waals surface area contributed by atoms with Gasteiger partial charge in [-0.1, -0.05) is 12.2 Å². The van der Waals surface area contributed by atoms with Gasteiger partial charge in [0.05, 0.1) is 18.1 Å². The molecular formula is C12H16O4S. The van der Waals surface area contributed by atoms with Crippen LogP contribution in [0.1, 0.15) is 6.92 Å². The summed E-state index contributed by atoms with van der Waals surface area (Å²) in [5, 5.41) is 0. The SMILES string of the molecule is C=C[C@]12CS(=O)(=O)C[C@H]1[C@@]2(C=C)C(=O)OCC. The van der Waals surface area contributed by atoms with Gasteiger partial charge in [0, 0.05) is 11.3 Å². The summed E-state index contributed by atoms with van der Waals surface area (Å²) >= 11 is 0. The summed E-state index contributed by atoms with van der Waals surface area (Å²) in [6.07, 6.45) is 3.12. The van der Waals surface area contributed by atoms with Gasteiger partial charge in [-0.15, -0.1) is 13.2 Å². The van der Waals surface area contributed by atoms with Gasteiger partial charge < -0.3 is 4.74 Å². The third-order valence-electron chi connectivity index (χ3n) is 4.04. The van der Waals surface area contributed by atoms with Gasteiger partial charge in [0.15, 0.2) is 9.84 Å². The highest BCUT2D eigenvalue weighted by Crippen LogP contribution is 2.75. The summed E-state index contributed by atoms with van der Waals surface area (Å²) in [7, 11) is -3.07. The summed E-state index contributed by atoms with van der Waals surface area (Å²) in [6, 6.07) is 0. The van der Waals surface area contributed by atoms with Crippen molar-refractivity contribution in [1.29, 1.82) is 0 Å². The topological polar surface area (TPSA) is 60.4 Å². The minimum Gasteiger partial charge on any atom is -0.465 e. The van der Waals surface area contributed by atoms with Gasteiger partial charge >= 0.3 is 5.97 Å². The van der Waals surface area contributed by atoms with Crippen molar-refractivity contribution in [2.45, 2.75) is 6.92 Å². The molecule has 17 heavy (non-hydrogen) atoms. The van der Waals surface area contributed by atoms with E-state index in [1.165, 1.54) is 6.08 Å². The van der Waals surface area contributed by atoms with E-state index in [-0.39, 0.29) is 30.0 Å². The van der Waals surface area contributed by atoms with Gasteiger partial charge in [-0.05, 0) is 6.92 Å². The number of allylic oxidation sites excluding steroid dienone is 1. The van der Waals surface area contributed by atoms with E-state index in [2.05, 4.69) is 13.2 Å². The highest BCUT2D eigenvalue weighted by atomic mass is 32.2. The van der Waals surface area contributed by atoms with Gasteiger partial charge in [-0.25, -0.2) is 8.42 Å². The lowest BCUT2D eigenvalue weighted by molar-refractivity contribution is -0.149. The average Bonchev–Trinajstić information content (AvgIpc) is 2.65. The summed E-state index contributed by atoms with van der Waals surface area (Å²) in [6.45, 7) is 9.37. The number of hydrogen-bond donors (Lipinski definition) is 0. The Hall–Kier alpha value is -1.10. The molecule has 0 aromatic heterocycles. The van der Waals surface area contributed by atoms with Crippen LogP contribution in [0.25, 0.3) is 0 Å². The van der Waals surface area contributed by atoms with Gasteiger partial charge in [-0.3, -0.25) is 4.79 Å². The van der Waals surface area contributed by atoms with Crippen molar-refractivity contribution >= 4 is 15.8 Å². The number of ether oxygens (including phenoxy) is 1. The molecule has 1 aliphatic carbocycles. The minimum absolute atomic E-state index is 0.0177. The number of hydrogen-bond acceptors (Lipinski definition) is 4. The van der Waals surface area contributed by atoms with E-state index >= 15 is 0 Å². The number of esters is 1. The van der Waals surface area contributed by atoms with E-state index in [0.717, 1.165) is 0 Å². The first kappa shape index (κ1) is 12.4. The Balaban J connectivity index is 2.40. The van der Waals surface area contributed by atoms with Crippen LogP contribution in [-0.4, -0.2) is 32.5 Å². The molecular weight excluding hydrogens is 240 g/mol. The van der Waals surface area contributed by atoms with Crippen molar-refractivity contribution in [2.24, 2.45) is 16.7 Å². The fraction of sp³-hybridized carbons (Fsp3) is 0.583. The second-order valence-electron chi connectivity index (χ2n) is 4.65. The van der Waals surface area contributed by atoms with Crippen LogP contribution in [0.15, 0.2) is 25.3 Å². The minimum atomic E-state index is -3.07. The van der Waals surface area contributed by atoms with Crippen LogP contribution in [0.2, 0.25) is 0 Å². The predicted octanol–water partition coefficient (Wildman–Crippen LogP) is 0.953. The molecule has 1 aliphatic heterocycles. The highest BCUT2D eigenvalue weighted by molar-refractivity contribution is 7.91. The molecule has 2 rings (SSSR count). The molecule has 0 bridgehead atoms. The van der Waals surface area contributed by atoms with Gasteiger partial charge in [-0.2, -0.15) is 0 Å². The molecule has 3 atom stereocenters. The molecule has 0 N–H and O–H groups in total. The molecule has 1 heterocycles. The Morgan fingerprint density at radius 1 is 1.47 bits per heavy atom. The largest absolute Gasteiger partial charge is 0.465 e. The Morgan fingerprint density at radius 2 is 2.12 bits per heavy atom. The Labute approximate surface area is 101 Å². The lowest BCUT2D eigenvalue weighted by Gasteiger charge is -2.19. The first-order valence-corrected chi connectivity index (χ1v) is 7.37. The van der Waals surface area contributed by atoms with Crippen LogP contribution >= 0.6 is 0 Å². The molecule has 0 aromatic carbocycles. The highest BCUT2D eigenvalue weighted by Gasteiger charge is 2.82. The fourth-order valence-electron chi connectivity index (χ4n) is 3.22. The summed E-state index contributed by atoms with van der Waals surface area (Å²) in [5.74, 6) is -0.646. The average molecular weight is 256 g/mol. The molecule has 0 spiro atoms.